The number of nitrogens with zero attached hydrogens (tertiary/aromatic N) is 1. The lowest BCUT2D eigenvalue weighted by atomic mass is 9.91. The van der Waals surface area contributed by atoms with E-state index in [0.29, 0.717) is 17.2 Å². The Hall–Kier alpha value is -1.95. The fourth-order valence-electron chi connectivity index (χ4n) is 1.71. The fourth-order valence-corrected chi connectivity index (χ4v) is 1.71. The molecule has 3 heteroatoms. The van der Waals surface area contributed by atoms with E-state index in [-0.39, 0.29) is 5.88 Å². The number of nitrogens with two attached hydrogens (primary N) is 1. The lowest BCUT2D eigenvalue weighted by Gasteiger charge is -2.14. The highest BCUT2D eigenvalue weighted by atomic mass is 16.4. The molecule has 1 aliphatic carbocycles. The molecule has 0 bridgehead atoms. The maximum absolute atomic E-state index is 8.77. The molecule has 1 unspecified atom stereocenters. The van der Waals surface area contributed by atoms with Gasteiger partial charge in [0.15, 0.2) is 0 Å². The third-order valence-corrected chi connectivity index (χ3v) is 2.60. The van der Waals surface area contributed by atoms with E-state index < -0.39 is 0 Å². The van der Waals surface area contributed by atoms with Gasteiger partial charge in [-0.25, -0.2) is 0 Å². The fraction of sp³-hybridized carbons (Fsp3) is 0.250. The highest BCUT2D eigenvalue weighted by molar-refractivity contribution is 5.69. The molecule has 0 saturated carbocycles. The van der Waals surface area contributed by atoms with E-state index in [0.717, 1.165) is 12.0 Å². The second-order valence-electron chi connectivity index (χ2n) is 3.69. The highest BCUT2D eigenvalue weighted by Gasteiger charge is 2.17. The molecule has 1 aromatic rings. The molecule has 0 amide bonds. The van der Waals surface area contributed by atoms with Crippen molar-refractivity contribution in [3.63, 3.8) is 0 Å². The minimum Gasteiger partial charge on any atom is -0.440 e. The molecule has 0 aliphatic heterocycles. The largest absolute Gasteiger partial charge is 0.440 e. The van der Waals surface area contributed by atoms with Crippen molar-refractivity contribution in [3.05, 3.63) is 35.6 Å². The van der Waals surface area contributed by atoms with Crippen molar-refractivity contribution in [2.45, 2.75) is 13.3 Å². The second-order valence-corrected chi connectivity index (χ2v) is 3.69. The predicted octanol–water partition coefficient (Wildman–Crippen LogP) is 2.71. The number of rotatable bonds is 1. The average molecular weight is 200 g/mol. The summed E-state index contributed by atoms with van der Waals surface area (Å²) in [6.45, 7) is 2.13. The number of nitrogen functional groups attached to an aromatic ring is 1. The van der Waals surface area contributed by atoms with Crippen molar-refractivity contribution in [1.82, 2.24) is 0 Å². The molecule has 1 heterocycles. The summed E-state index contributed by atoms with van der Waals surface area (Å²) in [5.74, 6) is 1.32. The Labute approximate surface area is 88.5 Å². The second kappa shape index (κ2) is 3.66. The van der Waals surface area contributed by atoms with Gasteiger partial charge in [0.05, 0.1) is 0 Å². The van der Waals surface area contributed by atoms with Gasteiger partial charge in [-0.3, -0.25) is 0 Å². The summed E-state index contributed by atoms with van der Waals surface area (Å²) in [5, 5.41) is 8.77. The van der Waals surface area contributed by atoms with Crippen molar-refractivity contribution in [2.75, 3.05) is 5.73 Å². The van der Waals surface area contributed by atoms with Crippen LogP contribution in [0, 0.1) is 17.2 Å². The molecule has 0 radical (unpaired) electrons. The molecule has 0 aromatic carbocycles. The van der Waals surface area contributed by atoms with Crippen LogP contribution in [0.25, 0.3) is 5.57 Å². The molecule has 1 aliphatic rings. The van der Waals surface area contributed by atoms with Gasteiger partial charge in [-0.15, -0.1) is 0 Å². The average Bonchev–Trinajstić information content (AvgIpc) is 2.60. The SMILES string of the molecule is CC1CC=CC=C1c1cc(C#N)c(N)o1. The molecule has 1 atom stereocenters. The number of hydrogen-bond acceptors (Lipinski definition) is 3. The maximum Gasteiger partial charge on any atom is 0.208 e. The Bertz CT molecular complexity index is 474. The Balaban J connectivity index is 2.42. The van der Waals surface area contributed by atoms with Crippen LogP contribution in [-0.4, -0.2) is 0 Å². The molecular formula is C12H12N2O. The number of hydrogen-bond donors (Lipinski definition) is 1. The van der Waals surface area contributed by atoms with Crippen LogP contribution in [0.1, 0.15) is 24.7 Å². The highest BCUT2D eigenvalue weighted by Crippen LogP contribution is 2.32. The van der Waals surface area contributed by atoms with Crippen LogP contribution in [0.5, 0.6) is 0 Å². The van der Waals surface area contributed by atoms with Crippen molar-refractivity contribution < 1.29 is 4.42 Å². The van der Waals surface area contributed by atoms with Crippen molar-refractivity contribution >= 4 is 11.5 Å². The maximum atomic E-state index is 8.77. The van der Waals surface area contributed by atoms with E-state index in [1.54, 1.807) is 6.07 Å². The van der Waals surface area contributed by atoms with E-state index in [1.165, 1.54) is 0 Å². The quantitative estimate of drug-likeness (QED) is 0.758. The number of anilines is 1. The van der Waals surface area contributed by atoms with Crippen LogP contribution < -0.4 is 5.73 Å². The number of nitriles is 1. The van der Waals surface area contributed by atoms with Gasteiger partial charge in [0.2, 0.25) is 5.88 Å². The zero-order chi connectivity index (χ0) is 10.8. The zero-order valence-electron chi connectivity index (χ0n) is 8.53. The molecule has 0 saturated heterocycles. The number of allylic oxidation sites excluding steroid dienone is 4. The molecule has 76 valence electrons. The first-order valence-corrected chi connectivity index (χ1v) is 4.89. The third-order valence-electron chi connectivity index (χ3n) is 2.60. The van der Waals surface area contributed by atoms with Crippen molar-refractivity contribution in [1.29, 1.82) is 5.26 Å². The number of furan rings is 1. The molecule has 2 rings (SSSR count). The lowest BCUT2D eigenvalue weighted by molar-refractivity contribution is 0.559. The first kappa shape index (κ1) is 9.60. The first-order valence-electron chi connectivity index (χ1n) is 4.89. The third kappa shape index (κ3) is 1.66. The summed E-state index contributed by atoms with van der Waals surface area (Å²) >= 11 is 0. The summed E-state index contributed by atoms with van der Waals surface area (Å²) in [5.41, 5.74) is 7.08. The van der Waals surface area contributed by atoms with E-state index in [4.69, 9.17) is 15.4 Å². The predicted molar refractivity (Wildman–Crippen MR) is 58.7 cm³/mol. The molecule has 3 nitrogen and oxygen atoms in total. The van der Waals surface area contributed by atoms with Crippen LogP contribution in [0.15, 0.2) is 28.7 Å². The molecule has 0 fully saturated rings. The van der Waals surface area contributed by atoms with Gasteiger partial charge in [-0.2, -0.15) is 5.26 Å². The van der Waals surface area contributed by atoms with Gasteiger partial charge < -0.3 is 10.2 Å². The Morgan fingerprint density at radius 3 is 3.00 bits per heavy atom. The van der Waals surface area contributed by atoms with Gasteiger partial charge in [0.1, 0.15) is 17.4 Å². The van der Waals surface area contributed by atoms with Gasteiger partial charge >= 0.3 is 0 Å². The summed E-state index contributed by atoms with van der Waals surface area (Å²) in [6.07, 6.45) is 7.12. The van der Waals surface area contributed by atoms with Crippen molar-refractivity contribution in [3.8, 4) is 6.07 Å². The molecule has 0 spiro atoms. The topological polar surface area (TPSA) is 63.0 Å². The molecule has 15 heavy (non-hydrogen) atoms. The van der Waals surface area contributed by atoms with Crippen LogP contribution in [-0.2, 0) is 0 Å². The Morgan fingerprint density at radius 2 is 2.40 bits per heavy atom. The smallest absolute Gasteiger partial charge is 0.208 e. The van der Waals surface area contributed by atoms with E-state index in [9.17, 15) is 0 Å². The monoisotopic (exact) mass is 200 g/mol. The van der Waals surface area contributed by atoms with Crippen LogP contribution in [0.4, 0.5) is 5.88 Å². The minimum atomic E-state index is 0.204. The molecule has 1 aromatic heterocycles. The van der Waals surface area contributed by atoms with Crippen LogP contribution >= 0.6 is 0 Å². The van der Waals surface area contributed by atoms with Crippen LogP contribution in [0.3, 0.4) is 0 Å². The molecule has 2 N–H and O–H groups in total. The zero-order valence-corrected chi connectivity index (χ0v) is 8.53. The Morgan fingerprint density at radius 1 is 1.60 bits per heavy atom. The summed E-state index contributed by atoms with van der Waals surface area (Å²) < 4.78 is 5.37. The summed E-state index contributed by atoms with van der Waals surface area (Å²) in [6, 6.07) is 3.71. The van der Waals surface area contributed by atoms with Gasteiger partial charge in [0.25, 0.3) is 0 Å². The minimum absolute atomic E-state index is 0.204. The van der Waals surface area contributed by atoms with E-state index in [1.807, 2.05) is 18.2 Å². The van der Waals surface area contributed by atoms with Gasteiger partial charge in [-0.1, -0.05) is 25.2 Å². The standard InChI is InChI=1S/C12H12N2O/c1-8-4-2-3-5-10(8)11-6-9(7-13)12(14)15-11/h2-3,5-6,8H,4,14H2,1H3. The van der Waals surface area contributed by atoms with E-state index >= 15 is 0 Å². The Kier molecular flexibility index (Phi) is 2.34. The van der Waals surface area contributed by atoms with E-state index in [2.05, 4.69) is 13.0 Å². The van der Waals surface area contributed by atoms with Crippen LogP contribution in [0.2, 0.25) is 0 Å². The normalized spacial score (nSPS) is 19.7. The van der Waals surface area contributed by atoms with Gasteiger partial charge in [0, 0.05) is 6.07 Å². The summed E-state index contributed by atoms with van der Waals surface area (Å²) in [4.78, 5) is 0. The van der Waals surface area contributed by atoms with Gasteiger partial charge in [-0.05, 0) is 17.9 Å². The lowest BCUT2D eigenvalue weighted by Crippen LogP contribution is -1.99. The van der Waals surface area contributed by atoms with Crippen molar-refractivity contribution in [2.24, 2.45) is 5.92 Å². The summed E-state index contributed by atoms with van der Waals surface area (Å²) in [7, 11) is 0. The molecular weight excluding hydrogens is 188 g/mol. The first-order chi connectivity index (χ1) is 7.22.